The molecule has 0 saturated heterocycles. The Morgan fingerprint density at radius 3 is 2.00 bits per heavy atom. The van der Waals surface area contributed by atoms with Gasteiger partial charge in [-0.3, -0.25) is 9.69 Å². The van der Waals surface area contributed by atoms with E-state index in [1.807, 2.05) is 14.1 Å². The van der Waals surface area contributed by atoms with Gasteiger partial charge in [0, 0.05) is 7.05 Å². The number of nitrogens with one attached hydrogen (secondary N) is 3. The van der Waals surface area contributed by atoms with Crippen molar-refractivity contribution in [3.63, 3.8) is 0 Å². The molecule has 23 heavy (non-hydrogen) atoms. The van der Waals surface area contributed by atoms with E-state index < -0.39 is 0 Å². The van der Waals surface area contributed by atoms with Crippen LogP contribution in [0, 0.1) is 0 Å². The molecule has 0 aromatic carbocycles. The van der Waals surface area contributed by atoms with Gasteiger partial charge in [-0.05, 0) is 86.6 Å². The second kappa shape index (κ2) is 14.9. The predicted octanol–water partition coefficient (Wildman–Crippen LogP) is 0.354. The van der Waals surface area contributed by atoms with Crippen molar-refractivity contribution >= 4 is 5.91 Å². The maximum Gasteiger partial charge on any atom is 0.237 e. The van der Waals surface area contributed by atoms with E-state index in [0.717, 1.165) is 58.4 Å². The van der Waals surface area contributed by atoms with E-state index in [1.54, 1.807) is 7.05 Å². The lowest BCUT2D eigenvalue weighted by Gasteiger charge is -2.27. The summed E-state index contributed by atoms with van der Waals surface area (Å²) in [7, 11) is 9.91. The molecule has 1 unspecified atom stereocenters. The third-order valence-corrected chi connectivity index (χ3v) is 4.25. The summed E-state index contributed by atoms with van der Waals surface area (Å²) in [6.07, 6.45) is 5.41. The van der Waals surface area contributed by atoms with Gasteiger partial charge in [0.2, 0.25) is 5.91 Å². The third-order valence-electron chi connectivity index (χ3n) is 4.25. The van der Waals surface area contributed by atoms with Gasteiger partial charge in [-0.25, -0.2) is 0 Å². The fourth-order valence-electron chi connectivity index (χ4n) is 2.74. The number of likely N-dealkylation sites (N-methyl/N-ethyl adjacent to an activating group) is 2. The van der Waals surface area contributed by atoms with E-state index in [2.05, 4.69) is 39.8 Å². The molecule has 3 N–H and O–H groups in total. The van der Waals surface area contributed by atoms with Gasteiger partial charge in [0.1, 0.15) is 0 Å². The second-order valence-electron chi connectivity index (χ2n) is 6.32. The monoisotopic (exact) mass is 329 g/mol. The molecule has 138 valence electrons. The summed E-state index contributed by atoms with van der Waals surface area (Å²) in [6.45, 7) is 5.24. The summed E-state index contributed by atoms with van der Waals surface area (Å²) in [6, 6.07) is -0.00791. The molecule has 0 rings (SSSR count). The lowest BCUT2D eigenvalue weighted by atomic mass is 10.1. The first kappa shape index (κ1) is 22.3. The van der Waals surface area contributed by atoms with Gasteiger partial charge in [0.25, 0.3) is 0 Å². The molecular formula is C17H39N5O. The Bertz CT molecular complexity index is 288. The number of unbranched alkanes of at least 4 members (excludes halogenated alkanes) is 1. The third kappa shape index (κ3) is 11.5. The van der Waals surface area contributed by atoms with Crippen molar-refractivity contribution in [2.75, 3.05) is 68.0 Å². The average Bonchev–Trinajstić information content (AvgIpc) is 2.54. The largest absolute Gasteiger partial charge is 0.358 e. The van der Waals surface area contributed by atoms with E-state index in [9.17, 15) is 4.79 Å². The summed E-state index contributed by atoms with van der Waals surface area (Å²) in [5.74, 6) is 0.138. The molecule has 6 heteroatoms. The van der Waals surface area contributed by atoms with Crippen LogP contribution in [0.5, 0.6) is 0 Å². The fourth-order valence-corrected chi connectivity index (χ4v) is 2.74. The van der Waals surface area contributed by atoms with E-state index in [4.69, 9.17) is 0 Å². The molecule has 0 heterocycles. The number of rotatable bonds is 15. The van der Waals surface area contributed by atoms with Crippen LogP contribution in [0.25, 0.3) is 0 Å². The zero-order valence-electron chi connectivity index (χ0n) is 16.0. The van der Waals surface area contributed by atoms with Crippen LogP contribution in [-0.4, -0.2) is 89.7 Å². The minimum atomic E-state index is -0.00791. The molecule has 0 bridgehead atoms. The highest BCUT2D eigenvalue weighted by Crippen LogP contribution is 2.09. The first-order valence-electron chi connectivity index (χ1n) is 8.96. The number of nitrogens with zero attached hydrogens (tertiary/aromatic N) is 2. The van der Waals surface area contributed by atoms with Gasteiger partial charge in [-0.2, -0.15) is 0 Å². The minimum absolute atomic E-state index is 0.00791. The lowest BCUT2D eigenvalue weighted by Crippen LogP contribution is -2.44. The Hall–Kier alpha value is -0.690. The molecular weight excluding hydrogens is 290 g/mol. The molecule has 0 saturated carbocycles. The summed E-state index contributed by atoms with van der Waals surface area (Å²) >= 11 is 0. The van der Waals surface area contributed by atoms with E-state index in [-0.39, 0.29) is 11.9 Å². The van der Waals surface area contributed by atoms with Crippen LogP contribution >= 0.6 is 0 Å². The maximum absolute atomic E-state index is 12.1. The summed E-state index contributed by atoms with van der Waals surface area (Å²) in [5.41, 5.74) is 0. The van der Waals surface area contributed by atoms with E-state index >= 15 is 0 Å². The zero-order valence-corrected chi connectivity index (χ0v) is 16.0. The van der Waals surface area contributed by atoms with Crippen molar-refractivity contribution in [2.45, 2.75) is 38.1 Å². The van der Waals surface area contributed by atoms with Gasteiger partial charge in [-0.1, -0.05) is 6.42 Å². The molecule has 0 spiro atoms. The zero-order chi connectivity index (χ0) is 17.5. The Morgan fingerprint density at radius 2 is 1.43 bits per heavy atom. The first-order valence-corrected chi connectivity index (χ1v) is 8.96. The van der Waals surface area contributed by atoms with Gasteiger partial charge < -0.3 is 20.9 Å². The van der Waals surface area contributed by atoms with Crippen molar-refractivity contribution in [3.05, 3.63) is 0 Å². The van der Waals surface area contributed by atoms with Gasteiger partial charge in [0.15, 0.2) is 0 Å². The van der Waals surface area contributed by atoms with Crippen molar-refractivity contribution in [1.29, 1.82) is 0 Å². The van der Waals surface area contributed by atoms with Crippen LogP contribution in [0.15, 0.2) is 0 Å². The molecule has 1 amide bonds. The number of carbonyl (C=O) groups is 1. The highest BCUT2D eigenvalue weighted by molar-refractivity contribution is 5.81. The molecule has 0 aliphatic heterocycles. The van der Waals surface area contributed by atoms with Gasteiger partial charge in [0.05, 0.1) is 6.04 Å². The molecule has 0 aromatic heterocycles. The smallest absolute Gasteiger partial charge is 0.237 e. The van der Waals surface area contributed by atoms with Crippen molar-refractivity contribution in [3.8, 4) is 0 Å². The molecule has 0 aliphatic carbocycles. The molecule has 1 atom stereocenters. The van der Waals surface area contributed by atoms with Crippen LogP contribution < -0.4 is 16.0 Å². The summed E-state index contributed by atoms with van der Waals surface area (Å²) < 4.78 is 0. The molecule has 0 radical (unpaired) electrons. The van der Waals surface area contributed by atoms with E-state index in [0.29, 0.717) is 0 Å². The number of carbonyl (C=O) groups excluding carboxylic acids is 1. The molecule has 6 nitrogen and oxygen atoms in total. The van der Waals surface area contributed by atoms with Crippen LogP contribution in [0.2, 0.25) is 0 Å². The van der Waals surface area contributed by atoms with Crippen LogP contribution in [0.3, 0.4) is 0 Å². The lowest BCUT2D eigenvalue weighted by molar-refractivity contribution is -0.125. The van der Waals surface area contributed by atoms with Crippen molar-refractivity contribution in [1.82, 2.24) is 25.8 Å². The Labute approximate surface area is 143 Å². The summed E-state index contributed by atoms with van der Waals surface area (Å²) in [5, 5.41) is 9.14. The Kier molecular flexibility index (Phi) is 14.4. The van der Waals surface area contributed by atoms with E-state index in [1.165, 1.54) is 6.42 Å². The molecule has 0 aromatic rings. The van der Waals surface area contributed by atoms with Gasteiger partial charge in [-0.15, -0.1) is 0 Å². The normalized spacial score (nSPS) is 12.8. The Morgan fingerprint density at radius 1 is 0.870 bits per heavy atom. The standard InChI is InChI=1S/C17H39N5O/c1-18-11-8-14-21(4)13-7-6-10-16(17(23)20-3)22(5)15-9-12-19-2/h16,18-19H,6-15H2,1-5H3,(H,20,23). The van der Waals surface area contributed by atoms with Crippen LogP contribution in [-0.2, 0) is 4.79 Å². The highest BCUT2D eigenvalue weighted by Gasteiger charge is 2.21. The van der Waals surface area contributed by atoms with Crippen molar-refractivity contribution < 1.29 is 4.79 Å². The quantitative estimate of drug-likeness (QED) is 0.379. The minimum Gasteiger partial charge on any atom is -0.358 e. The molecule has 0 fully saturated rings. The first-order chi connectivity index (χ1) is 11.1. The van der Waals surface area contributed by atoms with Crippen LogP contribution in [0.4, 0.5) is 0 Å². The second-order valence-corrected chi connectivity index (χ2v) is 6.32. The van der Waals surface area contributed by atoms with Crippen molar-refractivity contribution in [2.24, 2.45) is 0 Å². The topological polar surface area (TPSA) is 59.6 Å². The average molecular weight is 330 g/mol. The number of amides is 1. The number of hydrogen-bond donors (Lipinski definition) is 3. The van der Waals surface area contributed by atoms with Gasteiger partial charge >= 0.3 is 0 Å². The predicted molar refractivity (Wildman–Crippen MR) is 98.9 cm³/mol. The number of hydrogen-bond acceptors (Lipinski definition) is 5. The SMILES string of the molecule is CNCCCN(C)CCCCC(C(=O)NC)N(C)CCCNC. The van der Waals surface area contributed by atoms with Crippen LogP contribution in [0.1, 0.15) is 32.1 Å². The highest BCUT2D eigenvalue weighted by atomic mass is 16.2. The maximum atomic E-state index is 12.1. The molecule has 0 aliphatic rings. The summed E-state index contributed by atoms with van der Waals surface area (Å²) in [4.78, 5) is 16.7. The Balaban J connectivity index is 4.03. The fraction of sp³-hybridized carbons (Fsp3) is 0.941.